The number of hydrogen-bond acceptors (Lipinski definition) is 4. The second-order valence-electron chi connectivity index (χ2n) is 5.49. The Hall–Kier alpha value is -3.54. The summed E-state index contributed by atoms with van der Waals surface area (Å²) in [4.78, 5) is 24.8. The first kappa shape index (κ1) is 17.3. The zero-order chi connectivity index (χ0) is 18.4. The lowest BCUT2D eigenvalue weighted by Crippen LogP contribution is -2.34. The van der Waals surface area contributed by atoms with Crippen LogP contribution in [-0.2, 0) is 4.79 Å². The molecule has 0 radical (unpaired) electrons. The summed E-state index contributed by atoms with van der Waals surface area (Å²) < 4.78 is 10.6. The zero-order valence-corrected chi connectivity index (χ0v) is 14.0. The SMILES string of the molecule is C=CCNC(=O)/C(=C\c1ccc2c(c1)OCO2)NC(=O)c1ccccc1. The van der Waals surface area contributed by atoms with Crippen molar-refractivity contribution >= 4 is 17.9 Å². The van der Waals surface area contributed by atoms with Gasteiger partial charge in [0.25, 0.3) is 11.8 Å². The molecule has 6 nitrogen and oxygen atoms in total. The molecule has 2 N–H and O–H groups in total. The largest absolute Gasteiger partial charge is 0.454 e. The molecule has 2 aromatic carbocycles. The van der Waals surface area contributed by atoms with Crippen molar-refractivity contribution in [3.8, 4) is 11.5 Å². The average Bonchev–Trinajstić information content (AvgIpc) is 3.14. The van der Waals surface area contributed by atoms with Crippen LogP contribution in [0.3, 0.4) is 0 Å². The highest BCUT2D eigenvalue weighted by Gasteiger charge is 2.16. The topological polar surface area (TPSA) is 76.7 Å². The molecule has 0 saturated carbocycles. The van der Waals surface area contributed by atoms with E-state index < -0.39 is 5.91 Å². The van der Waals surface area contributed by atoms with Crippen molar-refractivity contribution in [2.75, 3.05) is 13.3 Å². The molecule has 0 aliphatic carbocycles. The van der Waals surface area contributed by atoms with E-state index in [9.17, 15) is 9.59 Å². The molecule has 0 atom stereocenters. The van der Waals surface area contributed by atoms with Gasteiger partial charge in [0.2, 0.25) is 6.79 Å². The smallest absolute Gasteiger partial charge is 0.268 e. The van der Waals surface area contributed by atoms with Gasteiger partial charge in [-0.2, -0.15) is 0 Å². The third-order valence-corrected chi connectivity index (χ3v) is 3.64. The van der Waals surface area contributed by atoms with Gasteiger partial charge in [0.15, 0.2) is 11.5 Å². The molecule has 1 heterocycles. The number of nitrogens with one attached hydrogen (secondary N) is 2. The van der Waals surface area contributed by atoms with Crippen molar-refractivity contribution in [2.45, 2.75) is 0 Å². The number of carbonyl (C=O) groups excluding carboxylic acids is 2. The fraction of sp³-hybridized carbons (Fsp3) is 0.100. The molecule has 0 bridgehead atoms. The Labute approximate surface area is 151 Å². The van der Waals surface area contributed by atoms with Gasteiger partial charge in [-0.1, -0.05) is 30.3 Å². The molecule has 3 rings (SSSR count). The summed E-state index contributed by atoms with van der Waals surface area (Å²) >= 11 is 0. The Morgan fingerprint density at radius 2 is 1.85 bits per heavy atom. The van der Waals surface area contributed by atoms with E-state index in [-0.39, 0.29) is 18.4 Å². The molecule has 0 unspecified atom stereocenters. The highest BCUT2D eigenvalue weighted by Crippen LogP contribution is 2.33. The number of carbonyl (C=O) groups is 2. The number of hydrogen-bond donors (Lipinski definition) is 2. The maximum atomic E-state index is 12.4. The summed E-state index contributed by atoms with van der Waals surface area (Å²) in [5, 5.41) is 5.33. The Kier molecular flexibility index (Phi) is 5.34. The Morgan fingerprint density at radius 3 is 2.62 bits per heavy atom. The van der Waals surface area contributed by atoms with Crippen molar-refractivity contribution in [1.82, 2.24) is 10.6 Å². The summed E-state index contributed by atoms with van der Waals surface area (Å²) in [5.74, 6) is 0.463. The van der Waals surface area contributed by atoms with Crippen LogP contribution in [-0.4, -0.2) is 25.2 Å². The lowest BCUT2D eigenvalue weighted by atomic mass is 10.1. The monoisotopic (exact) mass is 350 g/mol. The minimum Gasteiger partial charge on any atom is -0.454 e. The van der Waals surface area contributed by atoms with Gasteiger partial charge >= 0.3 is 0 Å². The third kappa shape index (κ3) is 4.10. The Morgan fingerprint density at radius 1 is 1.08 bits per heavy atom. The minimum absolute atomic E-state index is 0.125. The number of amides is 2. The first-order valence-electron chi connectivity index (χ1n) is 8.04. The van der Waals surface area contributed by atoms with Crippen LogP contribution in [0.1, 0.15) is 15.9 Å². The highest BCUT2D eigenvalue weighted by molar-refractivity contribution is 6.05. The molecule has 132 valence electrons. The van der Waals surface area contributed by atoms with Crippen molar-refractivity contribution in [2.24, 2.45) is 0 Å². The second-order valence-corrected chi connectivity index (χ2v) is 5.49. The summed E-state index contributed by atoms with van der Waals surface area (Å²) in [6.45, 7) is 4.03. The van der Waals surface area contributed by atoms with E-state index in [0.29, 0.717) is 29.2 Å². The third-order valence-electron chi connectivity index (χ3n) is 3.64. The Bertz CT molecular complexity index is 859. The van der Waals surface area contributed by atoms with Crippen LogP contribution in [0.25, 0.3) is 6.08 Å². The quantitative estimate of drug-likeness (QED) is 0.620. The van der Waals surface area contributed by atoms with Crippen LogP contribution in [0.4, 0.5) is 0 Å². The van der Waals surface area contributed by atoms with Crippen LogP contribution < -0.4 is 20.1 Å². The van der Waals surface area contributed by atoms with E-state index in [2.05, 4.69) is 17.2 Å². The van der Waals surface area contributed by atoms with E-state index in [1.807, 2.05) is 6.07 Å². The fourth-order valence-corrected chi connectivity index (χ4v) is 2.37. The van der Waals surface area contributed by atoms with E-state index in [1.54, 1.807) is 54.6 Å². The van der Waals surface area contributed by atoms with Gasteiger partial charge in [-0.25, -0.2) is 0 Å². The first-order valence-corrected chi connectivity index (χ1v) is 8.04. The second kappa shape index (κ2) is 8.02. The first-order chi connectivity index (χ1) is 12.7. The molecule has 1 aliphatic rings. The molecule has 0 spiro atoms. The maximum absolute atomic E-state index is 12.4. The molecule has 0 aromatic heterocycles. The lowest BCUT2D eigenvalue weighted by molar-refractivity contribution is -0.117. The van der Waals surface area contributed by atoms with Crippen molar-refractivity contribution in [3.05, 3.63) is 78.0 Å². The number of ether oxygens (including phenoxy) is 2. The van der Waals surface area contributed by atoms with Gasteiger partial charge in [-0.05, 0) is 35.9 Å². The fourth-order valence-electron chi connectivity index (χ4n) is 2.37. The van der Waals surface area contributed by atoms with Gasteiger partial charge in [-0.15, -0.1) is 6.58 Å². The molecular weight excluding hydrogens is 332 g/mol. The van der Waals surface area contributed by atoms with E-state index in [0.717, 1.165) is 0 Å². The number of fused-ring (bicyclic) bond motifs is 1. The summed E-state index contributed by atoms with van der Waals surface area (Å²) in [6.07, 6.45) is 3.15. The normalized spacial score (nSPS) is 12.4. The van der Waals surface area contributed by atoms with Gasteiger partial charge in [0.05, 0.1) is 0 Å². The minimum atomic E-state index is -0.410. The van der Waals surface area contributed by atoms with Crippen LogP contribution in [0.5, 0.6) is 11.5 Å². The molecule has 0 fully saturated rings. The molecule has 6 heteroatoms. The standard InChI is InChI=1S/C20H18N2O4/c1-2-10-21-20(24)16(22-19(23)15-6-4-3-5-7-15)11-14-8-9-17-18(12-14)26-13-25-17/h2-9,11-12H,1,10,13H2,(H,21,24)(H,22,23)/b16-11+. The van der Waals surface area contributed by atoms with Gasteiger partial charge in [-0.3, -0.25) is 9.59 Å². The van der Waals surface area contributed by atoms with Crippen LogP contribution in [0.2, 0.25) is 0 Å². The summed E-state index contributed by atoms with van der Waals surface area (Å²) in [7, 11) is 0. The predicted molar refractivity (Wildman–Crippen MR) is 97.7 cm³/mol. The lowest BCUT2D eigenvalue weighted by Gasteiger charge is -2.10. The van der Waals surface area contributed by atoms with Crippen molar-refractivity contribution in [3.63, 3.8) is 0 Å². The molecule has 2 amide bonds. The Balaban J connectivity index is 1.86. The molecule has 2 aromatic rings. The molecule has 0 saturated heterocycles. The van der Waals surface area contributed by atoms with Gasteiger partial charge in [0.1, 0.15) is 5.70 Å². The van der Waals surface area contributed by atoms with Crippen molar-refractivity contribution in [1.29, 1.82) is 0 Å². The predicted octanol–water partition coefficient (Wildman–Crippen LogP) is 2.49. The van der Waals surface area contributed by atoms with E-state index in [4.69, 9.17) is 9.47 Å². The van der Waals surface area contributed by atoms with Crippen LogP contribution >= 0.6 is 0 Å². The number of benzene rings is 2. The van der Waals surface area contributed by atoms with Gasteiger partial charge < -0.3 is 20.1 Å². The van der Waals surface area contributed by atoms with Crippen LogP contribution in [0, 0.1) is 0 Å². The molecular formula is C20H18N2O4. The van der Waals surface area contributed by atoms with E-state index in [1.165, 1.54) is 0 Å². The van der Waals surface area contributed by atoms with Crippen LogP contribution in [0.15, 0.2) is 66.9 Å². The van der Waals surface area contributed by atoms with Gasteiger partial charge in [0, 0.05) is 12.1 Å². The zero-order valence-electron chi connectivity index (χ0n) is 14.0. The highest BCUT2D eigenvalue weighted by atomic mass is 16.7. The summed E-state index contributed by atoms with van der Waals surface area (Å²) in [6, 6.07) is 14.0. The van der Waals surface area contributed by atoms with Crippen molar-refractivity contribution < 1.29 is 19.1 Å². The summed E-state index contributed by atoms with van der Waals surface area (Å²) in [5.41, 5.74) is 1.28. The average molecular weight is 350 g/mol. The van der Waals surface area contributed by atoms with E-state index >= 15 is 0 Å². The molecule has 1 aliphatic heterocycles. The maximum Gasteiger partial charge on any atom is 0.268 e. The number of rotatable bonds is 6. The molecule has 26 heavy (non-hydrogen) atoms.